The molecule has 0 saturated carbocycles. The van der Waals surface area contributed by atoms with Crippen molar-refractivity contribution in [2.75, 3.05) is 18.1 Å². The Hall–Kier alpha value is -3.53. The number of amides is 1. The summed E-state index contributed by atoms with van der Waals surface area (Å²) in [5.74, 6) is 0.898. The van der Waals surface area contributed by atoms with E-state index < -0.39 is 15.8 Å². The highest BCUT2D eigenvalue weighted by molar-refractivity contribution is 7.91. The molecule has 3 heterocycles. The molecule has 2 aromatic heterocycles. The summed E-state index contributed by atoms with van der Waals surface area (Å²) < 4.78 is 21.4. The number of rotatable bonds is 4. The van der Waals surface area contributed by atoms with Gasteiger partial charge in [0.25, 0.3) is 0 Å². The topological polar surface area (TPSA) is 125 Å². The number of benzene rings is 2. The highest BCUT2D eigenvalue weighted by Crippen LogP contribution is 2.25. The van der Waals surface area contributed by atoms with Crippen LogP contribution in [0.3, 0.4) is 0 Å². The largest absolute Gasteiger partial charge is 0.354 e. The van der Waals surface area contributed by atoms with E-state index in [0.29, 0.717) is 35.3 Å². The Kier molecular flexibility index (Phi) is 5.01. The van der Waals surface area contributed by atoms with Crippen LogP contribution in [-0.4, -0.2) is 48.5 Å². The molecule has 32 heavy (non-hydrogen) atoms. The molecule has 10 heteroatoms. The average molecular weight is 450 g/mol. The summed E-state index contributed by atoms with van der Waals surface area (Å²) in [6, 6.07) is 14.2. The first-order valence-electron chi connectivity index (χ1n) is 10.4. The van der Waals surface area contributed by atoms with Crippen LogP contribution in [0.25, 0.3) is 27.9 Å². The normalized spacial score (nSPS) is 18.8. The van der Waals surface area contributed by atoms with Crippen LogP contribution < -0.4 is 10.6 Å². The van der Waals surface area contributed by atoms with Gasteiger partial charge in [0, 0.05) is 28.6 Å². The van der Waals surface area contributed by atoms with E-state index in [0.717, 1.165) is 29.3 Å². The first kappa shape index (κ1) is 20.4. The van der Waals surface area contributed by atoms with Crippen LogP contribution in [0.2, 0.25) is 0 Å². The Bertz CT molecular complexity index is 1430. The summed E-state index contributed by atoms with van der Waals surface area (Å²) in [6.07, 6.45) is 4.01. The second-order valence-electron chi connectivity index (χ2n) is 7.98. The quantitative estimate of drug-likeness (QED) is 0.440. The molecule has 3 N–H and O–H groups in total. The first-order valence-corrected chi connectivity index (χ1v) is 12.4. The Morgan fingerprint density at radius 1 is 1.12 bits per heavy atom. The summed E-state index contributed by atoms with van der Waals surface area (Å²) in [5.41, 5.74) is 2.13. The standard InChI is InChI=1S/C22H23N7O2S/c1-32(23,31)15-11-9-14(10-12-15)19-27-20-16-6-2-3-7-17(16)25-22(29(20)28-19)26-18-8-4-5-13-24-21(18)30/h2-3,6-7,9-12,18,23H,4-5,8,13H2,1H3,(H,24,30)(H,25,26)/t18-,32?/m0/s1. The van der Waals surface area contributed by atoms with Crippen LogP contribution in [0.1, 0.15) is 19.3 Å². The van der Waals surface area contributed by atoms with Crippen molar-refractivity contribution in [1.82, 2.24) is 24.9 Å². The molecule has 0 spiro atoms. The maximum Gasteiger partial charge on any atom is 0.242 e. The van der Waals surface area contributed by atoms with Gasteiger partial charge in [0.05, 0.1) is 15.2 Å². The van der Waals surface area contributed by atoms with Gasteiger partial charge in [-0.15, -0.1) is 5.10 Å². The maximum atomic E-state index is 12.5. The number of hydrogen-bond acceptors (Lipinski definition) is 7. The molecule has 1 saturated heterocycles. The number of fused-ring (bicyclic) bond motifs is 3. The van der Waals surface area contributed by atoms with Crippen molar-refractivity contribution in [1.29, 1.82) is 4.78 Å². The molecular formula is C22H23N7O2S. The zero-order chi connectivity index (χ0) is 22.3. The number of aromatic nitrogens is 4. The number of nitrogens with one attached hydrogen (secondary N) is 3. The van der Waals surface area contributed by atoms with Gasteiger partial charge in [0.2, 0.25) is 11.9 Å². The van der Waals surface area contributed by atoms with Crippen molar-refractivity contribution in [2.24, 2.45) is 0 Å². The smallest absolute Gasteiger partial charge is 0.242 e. The van der Waals surface area contributed by atoms with Crippen LogP contribution in [0.15, 0.2) is 53.4 Å². The van der Waals surface area contributed by atoms with E-state index in [9.17, 15) is 9.00 Å². The summed E-state index contributed by atoms with van der Waals surface area (Å²) in [5, 5.41) is 11.7. The molecule has 0 bridgehead atoms. The molecule has 1 amide bonds. The third-order valence-electron chi connectivity index (χ3n) is 5.58. The van der Waals surface area contributed by atoms with Gasteiger partial charge in [-0.2, -0.15) is 4.52 Å². The van der Waals surface area contributed by atoms with Crippen LogP contribution in [0.4, 0.5) is 5.95 Å². The number of para-hydroxylation sites is 1. The van der Waals surface area contributed by atoms with Crippen molar-refractivity contribution in [3.8, 4) is 11.4 Å². The van der Waals surface area contributed by atoms with Crippen molar-refractivity contribution >= 4 is 38.1 Å². The average Bonchev–Trinajstić information content (AvgIpc) is 3.14. The summed E-state index contributed by atoms with van der Waals surface area (Å²) in [6.45, 7) is 0.684. The third-order valence-corrected chi connectivity index (χ3v) is 6.75. The van der Waals surface area contributed by atoms with Crippen LogP contribution in [0.5, 0.6) is 0 Å². The van der Waals surface area contributed by atoms with E-state index in [1.165, 1.54) is 6.26 Å². The van der Waals surface area contributed by atoms with Gasteiger partial charge < -0.3 is 10.6 Å². The first-order chi connectivity index (χ1) is 15.4. The highest BCUT2D eigenvalue weighted by Gasteiger charge is 2.23. The fourth-order valence-corrected chi connectivity index (χ4v) is 4.52. The molecule has 2 aromatic carbocycles. The van der Waals surface area contributed by atoms with Gasteiger partial charge in [-0.3, -0.25) is 4.79 Å². The van der Waals surface area contributed by atoms with Crippen LogP contribution in [0, 0.1) is 4.78 Å². The van der Waals surface area contributed by atoms with E-state index >= 15 is 0 Å². The molecule has 1 aliphatic rings. The van der Waals surface area contributed by atoms with Crippen LogP contribution >= 0.6 is 0 Å². The predicted molar refractivity (Wildman–Crippen MR) is 123 cm³/mol. The lowest BCUT2D eigenvalue weighted by molar-refractivity contribution is -0.121. The number of carbonyl (C=O) groups excluding carboxylic acids is 1. The fraction of sp³-hybridized carbons (Fsp3) is 0.273. The molecule has 0 aliphatic carbocycles. The van der Waals surface area contributed by atoms with E-state index in [1.807, 2.05) is 24.3 Å². The molecule has 1 aliphatic heterocycles. The maximum absolute atomic E-state index is 12.5. The van der Waals surface area contributed by atoms with Gasteiger partial charge in [-0.05, 0) is 55.7 Å². The van der Waals surface area contributed by atoms with E-state index in [4.69, 9.17) is 14.7 Å². The summed E-state index contributed by atoms with van der Waals surface area (Å²) in [7, 11) is -2.79. The van der Waals surface area contributed by atoms with Crippen molar-refractivity contribution < 1.29 is 9.00 Å². The van der Waals surface area contributed by atoms with Gasteiger partial charge in [-0.25, -0.2) is 19.0 Å². The number of carbonyl (C=O) groups is 1. The molecule has 0 radical (unpaired) electrons. The minimum absolute atomic E-state index is 0.0416. The zero-order valence-electron chi connectivity index (χ0n) is 17.5. The van der Waals surface area contributed by atoms with E-state index in [-0.39, 0.29) is 5.91 Å². The van der Waals surface area contributed by atoms with Gasteiger partial charge >= 0.3 is 0 Å². The van der Waals surface area contributed by atoms with Crippen LogP contribution in [-0.2, 0) is 14.5 Å². The minimum atomic E-state index is -2.79. The second kappa shape index (κ2) is 7.86. The van der Waals surface area contributed by atoms with Gasteiger partial charge in [0.1, 0.15) is 6.04 Å². The summed E-state index contributed by atoms with van der Waals surface area (Å²) in [4.78, 5) is 22.4. The monoisotopic (exact) mass is 449 g/mol. The molecule has 4 aromatic rings. The number of anilines is 1. The molecular weight excluding hydrogens is 426 g/mol. The molecule has 2 atom stereocenters. The number of hydrogen-bond donors (Lipinski definition) is 3. The van der Waals surface area contributed by atoms with E-state index in [1.54, 1.807) is 28.8 Å². The van der Waals surface area contributed by atoms with Gasteiger partial charge in [0.15, 0.2) is 11.5 Å². The van der Waals surface area contributed by atoms with Crippen molar-refractivity contribution in [2.45, 2.75) is 30.2 Å². The molecule has 1 unspecified atom stereocenters. The lowest BCUT2D eigenvalue weighted by Gasteiger charge is -2.16. The van der Waals surface area contributed by atoms with Crippen molar-refractivity contribution in [3.63, 3.8) is 0 Å². The van der Waals surface area contributed by atoms with Gasteiger partial charge in [-0.1, -0.05) is 12.1 Å². The molecule has 1 fully saturated rings. The number of nitrogens with zero attached hydrogens (tertiary/aromatic N) is 4. The van der Waals surface area contributed by atoms with Crippen molar-refractivity contribution in [3.05, 3.63) is 48.5 Å². The third kappa shape index (κ3) is 3.77. The minimum Gasteiger partial charge on any atom is -0.354 e. The Morgan fingerprint density at radius 3 is 2.69 bits per heavy atom. The van der Waals surface area contributed by atoms with E-state index in [2.05, 4.69) is 15.7 Å². The molecule has 9 nitrogen and oxygen atoms in total. The second-order valence-corrected chi connectivity index (χ2v) is 10.1. The fourth-order valence-electron chi connectivity index (χ4n) is 3.87. The summed E-state index contributed by atoms with van der Waals surface area (Å²) >= 11 is 0. The Balaban J connectivity index is 1.62. The Morgan fingerprint density at radius 2 is 1.91 bits per heavy atom. The lowest BCUT2D eigenvalue weighted by Crippen LogP contribution is -2.38. The zero-order valence-corrected chi connectivity index (χ0v) is 18.4. The lowest BCUT2D eigenvalue weighted by atomic mass is 10.1. The Labute approximate surface area is 185 Å². The SMILES string of the molecule is CS(=N)(=O)c1ccc(-c2nc3c4ccccc4nc(N[C@H]4CCCCNC4=O)n3n2)cc1. The molecule has 164 valence electrons. The molecule has 5 rings (SSSR count). The highest BCUT2D eigenvalue weighted by atomic mass is 32.2. The predicted octanol–water partition coefficient (Wildman–Crippen LogP) is 3.06.